The summed E-state index contributed by atoms with van der Waals surface area (Å²) in [5, 5.41) is 76.3. The molecule has 0 aromatic heterocycles. The molecule has 0 amide bonds. The van der Waals surface area contributed by atoms with E-state index < -0.39 is 0 Å². The number of rotatable bonds is 65. The molecule has 0 heterocycles. The SMILES string of the molecule is CCCNCCNCCNCCNCCNCCNCCNCCNCCNCCNCCNCCNCCNCCNCCNCCNCCNCCNCCNCCNCCNCCNC. The molecule has 0 atom stereocenters. The zero-order valence-corrected chi connectivity index (χ0v) is 44.1. The Morgan fingerprint density at radius 2 is 0.221 bits per heavy atom. The van der Waals surface area contributed by atoms with E-state index in [1.165, 1.54) is 6.42 Å². The third-order valence-electron chi connectivity index (χ3n) is 10.5. The van der Waals surface area contributed by atoms with Crippen molar-refractivity contribution in [2.75, 3.05) is 288 Å². The van der Waals surface area contributed by atoms with Gasteiger partial charge in [-0.1, -0.05) is 6.92 Å². The molecular formula is C46H116N22. The topological polar surface area (TPSA) is 265 Å². The molecule has 22 nitrogen and oxygen atoms in total. The Labute approximate surface area is 417 Å². The van der Waals surface area contributed by atoms with E-state index in [9.17, 15) is 0 Å². The summed E-state index contributed by atoms with van der Waals surface area (Å²) < 4.78 is 0. The van der Waals surface area contributed by atoms with Gasteiger partial charge in [0.2, 0.25) is 0 Å². The lowest BCUT2D eigenvalue weighted by Gasteiger charge is -2.10. The highest BCUT2D eigenvalue weighted by Gasteiger charge is 1.97. The molecule has 0 aromatic carbocycles. The largest absolute Gasteiger partial charge is 0.318 e. The summed E-state index contributed by atoms with van der Waals surface area (Å²) in [7, 11) is 1.98. The van der Waals surface area contributed by atoms with Gasteiger partial charge < -0.3 is 117 Å². The van der Waals surface area contributed by atoms with E-state index in [0.717, 1.165) is 281 Å². The van der Waals surface area contributed by atoms with Crippen LogP contribution in [0.25, 0.3) is 0 Å². The highest BCUT2D eigenvalue weighted by Crippen LogP contribution is 1.71. The van der Waals surface area contributed by atoms with Crippen molar-refractivity contribution >= 4 is 0 Å². The van der Waals surface area contributed by atoms with Gasteiger partial charge in [0, 0.05) is 275 Å². The molecular weight excluding hydrogens is 861 g/mol. The molecule has 0 spiro atoms. The number of hydrogen-bond acceptors (Lipinski definition) is 22. The van der Waals surface area contributed by atoms with Crippen LogP contribution < -0.4 is 117 Å². The fourth-order valence-corrected chi connectivity index (χ4v) is 6.55. The number of nitrogens with one attached hydrogen (secondary N) is 22. The number of likely N-dealkylation sites (N-methyl/N-ethyl adjacent to an activating group) is 1. The Kier molecular flexibility index (Phi) is 65.3. The maximum absolute atomic E-state index is 3.51. The van der Waals surface area contributed by atoms with Crippen LogP contribution in [0.4, 0.5) is 0 Å². The standard InChI is InChI=1S/C46H116N22/c1-3-4-48-7-8-50-11-12-52-15-16-54-19-20-56-23-24-58-27-28-60-31-32-62-35-36-64-39-40-66-43-44-68-46-45-67-42-41-65-38-37-63-34-33-61-30-29-59-26-25-57-22-21-55-18-17-53-14-13-51-10-9-49-6-5-47-2/h47-68H,3-46H2,1-2H3. The zero-order valence-electron chi connectivity index (χ0n) is 44.1. The predicted molar refractivity (Wildman–Crippen MR) is 294 cm³/mol. The van der Waals surface area contributed by atoms with E-state index in [1.807, 2.05) is 7.05 Å². The van der Waals surface area contributed by atoms with Gasteiger partial charge >= 0.3 is 0 Å². The molecule has 0 fully saturated rings. The lowest BCUT2D eigenvalue weighted by molar-refractivity contribution is 0.536. The van der Waals surface area contributed by atoms with Crippen molar-refractivity contribution in [3.63, 3.8) is 0 Å². The molecule has 22 N–H and O–H groups in total. The summed E-state index contributed by atoms with van der Waals surface area (Å²) in [6, 6.07) is 0. The van der Waals surface area contributed by atoms with E-state index >= 15 is 0 Å². The van der Waals surface area contributed by atoms with E-state index in [-0.39, 0.29) is 0 Å². The van der Waals surface area contributed by atoms with Crippen LogP contribution in [0.1, 0.15) is 13.3 Å². The predicted octanol–water partition coefficient (Wildman–Crippen LogP) is -8.00. The van der Waals surface area contributed by atoms with E-state index in [2.05, 4.69) is 124 Å². The van der Waals surface area contributed by atoms with Crippen molar-refractivity contribution in [2.24, 2.45) is 0 Å². The molecule has 0 unspecified atom stereocenters. The van der Waals surface area contributed by atoms with E-state index in [4.69, 9.17) is 0 Å². The van der Waals surface area contributed by atoms with Gasteiger partial charge in [0.25, 0.3) is 0 Å². The Hall–Kier alpha value is -0.880. The fourth-order valence-electron chi connectivity index (χ4n) is 6.55. The van der Waals surface area contributed by atoms with Crippen LogP contribution >= 0.6 is 0 Å². The Morgan fingerprint density at radius 3 is 0.309 bits per heavy atom. The molecule has 0 saturated heterocycles. The summed E-state index contributed by atoms with van der Waals surface area (Å²) in [5.74, 6) is 0. The lowest BCUT2D eigenvalue weighted by Crippen LogP contribution is -2.39. The smallest absolute Gasteiger partial charge is 0.00772 e. The Morgan fingerprint density at radius 1 is 0.132 bits per heavy atom. The van der Waals surface area contributed by atoms with Gasteiger partial charge in [-0.2, -0.15) is 0 Å². The van der Waals surface area contributed by atoms with Gasteiger partial charge in [0.05, 0.1) is 0 Å². The molecule has 0 aliphatic heterocycles. The van der Waals surface area contributed by atoms with E-state index in [1.54, 1.807) is 0 Å². The average Bonchev–Trinajstić information content (AvgIpc) is 3.35. The van der Waals surface area contributed by atoms with Gasteiger partial charge in [-0.15, -0.1) is 0 Å². The summed E-state index contributed by atoms with van der Waals surface area (Å²) >= 11 is 0. The van der Waals surface area contributed by atoms with Crippen molar-refractivity contribution in [3.8, 4) is 0 Å². The van der Waals surface area contributed by atoms with Crippen LogP contribution in [0.15, 0.2) is 0 Å². The normalized spacial score (nSPS) is 11.7. The van der Waals surface area contributed by atoms with Crippen molar-refractivity contribution in [2.45, 2.75) is 13.3 Å². The Balaban J connectivity index is 3.07. The first kappa shape index (κ1) is 67.1. The highest BCUT2D eigenvalue weighted by molar-refractivity contribution is 4.64. The third-order valence-corrected chi connectivity index (χ3v) is 10.5. The molecule has 0 rings (SSSR count). The van der Waals surface area contributed by atoms with Crippen LogP contribution in [0, 0.1) is 0 Å². The van der Waals surface area contributed by atoms with Crippen LogP contribution in [0.2, 0.25) is 0 Å². The van der Waals surface area contributed by atoms with Crippen molar-refractivity contribution in [1.29, 1.82) is 0 Å². The summed E-state index contributed by atoms with van der Waals surface area (Å²) in [5.41, 5.74) is 0. The van der Waals surface area contributed by atoms with Crippen molar-refractivity contribution in [1.82, 2.24) is 117 Å². The Bertz CT molecular complexity index is 794. The first-order valence-electron chi connectivity index (χ1n) is 27.4. The minimum atomic E-state index is 0.996. The van der Waals surface area contributed by atoms with Crippen LogP contribution in [-0.2, 0) is 0 Å². The minimum absolute atomic E-state index is 0.996. The van der Waals surface area contributed by atoms with E-state index in [0.29, 0.717) is 0 Å². The zero-order chi connectivity index (χ0) is 48.7. The molecule has 0 aromatic rings. The highest BCUT2D eigenvalue weighted by atomic mass is 15.1. The first-order chi connectivity index (χ1) is 33.9. The quantitative estimate of drug-likeness (QED) is 0.0253. The summed E-state index contributed by atoms with van der Waals surface area (Å²) in [4.78, 5) is 0. The monoisotopic (exact) mass is 977 g/mol. The maximum Gasteiger partial charge on any atom is 0.00772 e. The average molecular weight is 978 g/mol. The molecule has 0 saturated carbocycles. The van der Waals surface area contributed by atoms with Crippen LogP contribution in [0.3, 0.4) is 0 Å². The number of hydrogen-bond donors (Lipinski definition) is 22. The summed E-state index contributed by atoms with van der Waals surface area (Å²) in [6.07, 6.45) is 1.20. The second-order valence-electron chi connectivity index (χ2n) is 16.9. The molecule has 0 aliphatic rings. The van der Waals surface area contributed by atoms with Crippen molar-refractivity contribution < 1.29 is 0 Å². The lowest BCUT2D eigenvalue weighted by atomic mass is 10.4. The first-order valence-corrected chi connectivity index (χ1v) is 27.4. The molecule has 0 aliphatic carbocycles. The molecule has 410 valence electrons. The van der Waals surface area contributed by atoms with Crippen LogP contribution in [-0.4, -0.2) is 288 Å². The van der Waals surface area contributed by atoms with Gasteiger partial charge in [0.15, 0.2) is 0 Å². The fraction of sp³-hybridized carbons (Fsp3) is 1.00. The molecule has 68 heavy (non-hydrogen) atoms. The van der Waals surface area contributed by atoms with Gasteiger partial charge in [-0.05, 0) is 20.0 Å². The third kappa shape index (κ3) is 65.1. The van der Waals surface area contributed by atoms with Crippen LogP contribution in [0.5, 0.6) is 0 Å². The molecule has 0 radical (unpaired) electrons. The molecule has 0 bridgehead atoms. The molecule has 22 heteroatoms. The maximum atomic E-state index is 3.51. The summed E-state index contributed by atoms with van der Waals surface area (Å²) in [6.45, 7) is 45.5. The minimum Gasteiger partial charge on any atom is -0.318 e. The second-order valence-corrected chi connectivity index (χ2v) is 16.9. The van der Waals surface area contributed by atoms with Gasteiger partial charge in [-0.25, -0.2) is 0 Å². The van der Waals surface area contributed by atoms with Gasteiger partial charge in [-0.3, -0.25) is 0 Å². The van der Waals surface area contributed by atoms with Crippen molar-refractivity contribution in [3.05, 3.63) is 0 Å². The van der Waals surface area contributed by atoms with Gasteiger partial charge in [0.1, 0.15) is 0 Å². The second kappa shape index (κ2) is 66.1.